The van der Waals surface area contributed by atoms with Crippen molar-refractivity contribution in [1.82, 2.24) is 9.80 Å². The van der Waals surface area contributed by atoms with E-state index in [4.69, 9.17) is 0 Å². The topological polar surface area (TPSA) is 35.6 Å². The number of likely N-dealkylation sites (tertiary alicyclic amines) is 1. The van der Waals surface area contributed by atoms with Crippen molar-refractivity contribution in [3.63, 3.8) is 0 Å². The molecule has 1 unspecified atom stereocenters. The Kier molecular flexibility index (Phi) is 9.09. The van der Waals surface area contributed by atoms with Gasteiger partial charge in [-0.3, -0.25) is 0 Å². The fourth-order valence-corrected chi connectivity index (χ4v) is 4.86. The van der Waals surface area contributed by atoms with Crippen LogP contribution in [-0.2, 0) is 6.54 Å². The zero-order valence-corrected chi connectivity index (χ0v) is 20.0. The molecule has 33 heavy (non-hydrogen) atoms. The Balaban J connectivity index is 1.68. The van der Waals surface area contributed by atoms with Crippen LogP contribution in [0, 0.1) is 0 Å². The molecule has 1 aliphatic heterocycles. The summed E-state index contributed by atoms with van der Waals surface area (Å²) in [5.41, 5.74) is -2.80. The number of benzene rings is 2. The predicted octanol–water partition coefficient (Wildman–Crippen LogP) is 6.99. The number of halogens is 3. The smallest absolute Gasteiger partial charge is 0.317 e. The van der Waals surface area contributed by atoms with E-state index in [2.05, 4.69) is 24.1 Å². The van der Waals surface area contributed by atoms with Gasteiger partial charge in [-0.05, 0) is 67.8 Å². The van der Waals surface area contributed by atoms with Crippen LogP contribution in [0.2, 0.25) is 0 Å². The van der Waals surface area contributed by atoms with Crippen LogP contribution in [0.1, 0.15) is 45.1 Å². The van der Waals surface area contributed by atoms with Crippen molar-refractivity contribution in [1.29, 1.82) is 0 Å². The number of nitrogens with zero attached hydrogens (tertiary/aromatic N) is 2. The van der Waals surface area contributed by atoms with E-state index in [0.29, 0.717) is 18.3 Å². The Bertz CT molecular complexity index is 869. The Hall–Kier alpha value is -2.19. The molecular formula is C25H32F3N3OS. The molecule has 3 rings (SSSR count). The van der Waals surface area contributed by atoms with Gasteiger partial charge in [0, 0.05) is 42.3 Å². The van der Waals surface area contributed by atoms with E-state index in [1.807, 2.05) is 35.2 Å². The van der Waals surface area contributed by atoms with Gasteiger partial charge in [-0.1, -0.05) is 43.7 Å². The van der Waals surface area contributed by atoms with Crippen LogP contribution >= 0.6 is 11.8 Å². The van der Waals surface area contributed by atoms with Crippen LogP contribution < -0.4 is 5.32 Å². The lowest BCUT2D eigenvalue weighted by atomic mass is 10.00. The van der Waals surface area contributed by atoms with Gasteiger partial charge >= 0.3 is 11.5 Å². The number of carbonyl (C=O) groups is 1. The number of hydrogen-bond donors (Lipinski definition) is 1. The molecule has 1 fully saturated rings. The lowest BCUT2D eigenvalue weighted by Gasteiger charge is -2.40. The van der Waals surface area contributed by atoms with Gasteiger partial charge in [0.05, 0.1) is 0 Å². The average molecular weight is 480 g/mol. The molecule has 2 amide bonds. The number of anilines is 1. The molecule has 0 aromatic heterocycles. The summed E-state index contributed by atoms with van der Waals surface area (Å²) in [7, 11) is 0. The lowest BCUT2D eigenvalue weighted by molar-refractivity contribution is -0.0328. The van der Waals surface area contributed by atoms with Crippen LogP contribution in [0.4, 0.5) is 23.7 Å². The Labute approximate surface area is 198 Å². The van der Waals surface area contributed by atoms with Gasteiger partial charge in [0.1, 0.15) is 0 Å². The molecule has 180 valence electrons. The number of thioether (sulfide) groups is 1. The largest absolute Gasteiger partial charge is 0.446 e. The summed E-state index contributed by atoms with van der Waals surface area (Å²) < 4.78 is 37.7. The van der Waals surface area contributed by atoms with Crippen molar-refractivity contribution in [2.24, 2.45) is 0 Å². The fraction of sp³-hybridized carbons (Fsp3) is 0.480. The molecule has 1 atom stereocenters. The molecule has 4 nitrogen and oxygen atoms in total. The first kappa shape index (κ1) is 25.4. The van der Waals surface area contributed by atoms with Crippen LogP contribution in [0.5, 0.6) is 0 Å². The summed E-state index contributed by atoms with van der Waals surface area (Å²) in [6.45, 7) is 6.86. The minimum absolute atomic E-state index is 0.0928. The highest BCUT2D eigenvalue weighted by Crippen LogP contribution is 2.37. The van der Waals surface area contributed by atoms with Crippen LogP contribution in [0.25, 0.3) is 0 Å². The SMILES string of the molecule is CCCC(C)N1CCC(N(Cc2ccccc2)C(=O)Nc2ccc(SC(F)(F)F)cc2)CC1. The summed E-state index contributed by atoms with van der Waals surface area (Å²) in [4.78, 5) is 17.7. The summed E-state index contributed by atoms with van der Waals surface area (Å²) in [5.74, 6) is 0. The highest BCUT2D eigenvalue weighted by Gasteiger charge is 2.30. The molecule has 2 aromatic rings. The average Bonchev–Trinajstić information content (AvgIpc) is 2.79. The molecule has 1 N–H and O–H groups in total. The van der Waals surface area contributed by atoms with Gasteiger partial charge in [-0.25, -0.2) is 4.79 Å². The van der Waals surface area contributed by atoms with Gasteiger partial charge in [0.2, 0.25) is 0 Å². The lowest BCUT2D eigenvalue weighted by Crippen LogP contribution is -2.50. The summed E-state index contributed by atoms with van der Waals surface area (Å²) in [6.07, 6.45) is 4.12. The van der Waals surface area contributed by atoms with Crippen LogP contribution in [-0.4, -0.2) is 46.5 Å². The quantitative estimate of drug-likeness (QED) is 0.415. The molecule has 1 aliphatic rings. The molecule has 1 heterocycles. The highest BCUT2D eigenvalue weighted by molar-refractivity contribution is 8.00. The van der Waals surface area contributed by atoms with Crippen molar-refractivity contribution in [2.75, 3.05) is 18.4 Å². The molecule has 0 spiro atoms. The second-order valence-electron chi connectivity index (χ2n) is 8.52. The van der Waals surface area contributed by atoms with Crippen molar-refractivity contribution < 1.29 is 18.0 Å². The molecule has 0 saturated carbocycles. The normalized spacial score (nSPS) is 16.4. The number of carbonyl (C=O) groups excluding carboxylic acids is 1. The zero-order chi connectivity index (χ0) is 23.8. The molecular weight excluding hydrogens is 447 g/mol. The highest BCUT2D eigenvalue weighted by atomic mass is 32.2. The number of alkyl halides is 3. The molecule has 0 bridgehead atoms. The standard InChI is InChI=1S/C25H32F3N3OS/c1-3-7-19(2)30-16-14-22(15-17-30)31(18-20-8-5-4-6-9-20)24(32)29-21-10-12-23(13-11-21)33-25(26,27)28/h4-6,8-13,19,22H,3,7,14-18H2,1-2H3,(H,29,32). The zero-order valence-electron chi connectivity index (χ0n) is 19.1. The number of rotatable bonds is 8. The second kappa shape index (κ2) is 11.8. The maximum Gasteiger partial charge on any atom is 0.446 e. The first-order valence-corrected chi connectivity index (χ1v) is 12.3. The van der Waals surface area contributed by atoms with Crippen molar-refractivity contribution in [3.05, 3.63) is 60.2 Å². The maximum atomic E-state index is 13.3. The maximum absolute atomic E-state index is 13.3. The van der Waals surface area contributed by atoms with Gasteiger partial charge in [0.15, 0.2) is 0 Å². The van der Waals surface area contributed by atoms with E-state index in [1.54, 1.807) is 0 Å². The summed E-state index contributed by atoms with van der Waals surface area (Å²) in [6, 6.07) is 16.1. The van der Waals surface area contributed by atoms with Crippen molar-refractivity contribution in [2.45, 2.75) is 68.6 Å². The molecule has 0 aliphatic carbocycles. The van der Waals surface area contributed by atoms with E-state index in [9.17, 15) is 18.0 Å². The minimum atomic E-state index is -4.33. The first-order chi connectivity index (χ1) is 15.7. The monoisotopic (exact) mass is 479 g/mol. The van der Waals surface area contributed by atoms with Gasteiger partial charge < -0.3 is 15.1 Å². The third-order valence-corrected chi connectivity index (χ3v) is 6.80. The fourth-order valence-electron chi connectivity index (χ4n) is 4.32. The van der Waals surface area contributed by atoms with Crippen molar-refractivity contribution >= 4 is 23.5 Å². The Morgan fingerprint density at radius 1 is 1.12 bits per heavy atom. The number of nitrogens with one attached hydrogen (secondary N) is 1. The second-order valence-corrected chi connectivity index (χ2v) is 9.66. The predicted molar refractivity (Wildman–Crippen MR) is 128 cm³/mol. The number of hydrogen-bond acceptors (Lipinski definition) is 3. The van der Waals surface area contributed by atoms with Gasteiger partial charge in [0.25, 0.3) is 0 Å². The van der Waals surface area contributed by atoms with Crippen LogP contribution in [0.15, 0.2) is 59.5 Å². The first-order valence-electron chi connectivity index (χ1n) is 11.5. The van der Waals surface area contributed by atoms with E-state index >= 15 is 0 Å². The van der Waals surface area contributed by atoms with E-state index in [1.165, 1.54) is 30.7 Å². The third-order valence-electron chi connectivity index (χ3n) is 6.07. The molecule has 8 heteroatoms. The van der Waals surface area contributed by atoms with E-state index < -0.39 is 5.51 Å². The molecule has 1 saturated heterocycles. The number of piperidine rings is 1. The Morgan fingerprint density at radius 3 is 2.33 bits per heavy atom. The molecule has 2 aromatic carbocycles. The number of amides is 2. The number of urea groups is 1. The van der Waals surface area contributed by atoms with E-state index in [0.717, 1.165) is 37.9 Å². The van der Waals surface area contributed by atoms with Crippen LogP contribution in [0.3, 0.4) is 0 Å². The molecule has 0 radical (unpaired) electrons. The van der Waals surface area contributed by atoms with E-state index in [-0.39, 0.29) is 28.7 Å². The van der Waals surface area contributed by atoms with Crippen molar-refractivity contribution in [3.8, 4) is 0 Å². The van der Waals surface area contributed by atoms with Gasteiger partial charge in [-0.2, -0.15) is 13.2 Å². The summed E-state index contributed by atoms with van der Waals surface area (Å²) >= 11 is -0.163. The summed E-state index contributed by atoms with van der Waals surface area (Å²) in [5, 5.41) is 2.89. The minimum Gasteiger partial charge on any atom is -0.317 e. The van der Waals surface area contributed by atoms with Gasteiger partial charge in [-0.15, -0.1) is 0 Å². The Morgan fingerprint density at radius 2 is 1.76 bits per heavy atom. The third kappa shape index (κ3) is 7.96.